The summed E-state index contributed by atoms with van der Waals surface area (Å²) in [4.78, 5) is 23.3. The molecule has 0 saturated heterocycles. The van der Waals surface area contributed by atoms with E-state index in [2.05, 4.69) is 25.5 Å². The highest BCUT2D eigenvalue weighted by Gasteiger charge is 2.13. The molecule has 0 amide bonds. The average Bonchev–Trinajstić information content (AvgIpc) is 3.39. The number of nitrogens with zero attached hydrogens (tertiary/aromatic N) is 5. The van der Waals surface area contributed by atoms with Crippen molar-refractivity contribution in [3.63, 3.8) is 0 Å². The number of hydrogen-bond acceptors (Lipinski definition) is 8. The zero-order valence-electron chi connectivity index (χ0n) is 19.0. The molecule has 0 aliphatic heterocycles. The van der Waals surface area contributed by atoms with Gasteiger partial charge in [-0.25, -0.2) is 15.4 Å². The van der Waals surface area contributed by atoms with E-state index in [1.165, 1.54) is 0 Å². The summed E-state index contributed by atoms with van der Waals surface area (Å²) < 4.78 is 13.5. The summed E-state index contributed by atoms with van der Waals surface area (Å²) in [5, 5.41) is 13.6. The van der Waals surface area contributed by atoms with Crippen molar-refractivity contribution < 1.29 is 9.47 Å². The molecule has 2 aromatic heterocycles. The molecule has 10 heteroatoms. The fraction of sp³-hybridized carbons (Fsp3) is 0.160. The highest BCUT2D eigenvalue weighted by molar-refractivity contribution is 5.81. The van der Waals surface area contributed by atoms with Crippen LogP contribution in [0.25, 0.3) is 11.3 Å². The topological polar surface area (TPSA) is 130 Å². The Morgan fingerprint density at radius 2 is 2.06 bits per heavy atom. The number of hydrogen-bond donors (Lipinski definition) is 2. The fourth-order valence-electron chi connectivity index (χ4n) is 3.28. The van der Waals surface area contributed by atoms with E-state index in [9.17, 15) is 10.1 Å². The van der Waals surface area contributed by atoms with Gasteiger partial charge in [0.2, 0.25) is 5.95 Å². The minimum absolute atomic E-state index is 0.0595. The molecule has 0 saturated carbocycles. The van der Waals surface area contributed by atoms with Crippen LogP contribution in [-0.2, 0) is 6.54 Å². The van der Waals surface area contributed by atoms with Crippen LogP contribution in [0.2, 0.25) is 0 Å². The minimum atomic E-state index is -0.546. The van der Waals surface area contributed by atoms with E-state index < -0.39 is 5.56 Å². The molecule has 0 unspecified atom stereocenters. The standard InChI is InChI=1S/C25H23N7O3/c1-2-34-22-14-18(8-9-21(22)35-13-12-32-11-10-27-17-32)16-28-31-25-29-23(19-6-4-3-5-7-19)20(15-26)24(33)30-25/h3-11,14,16-17H,2,12-13H2,1H3,(H2,29,30,31,33). The molecule has 0 fully saturated rings. The number of H-pyrrole nitrogens is 1. The monoisotopic (exact) mass is 469 g/mol. The van der Waals surface area contributed by atoms with Crippen LogP contribution in [0.5, 0.6) is 11.5 Å². The lowest BCUT2D eigenvalue weighted by atomic mass is 10.1. The molecule has 0 atom stereocenters. The van der Waals surface area contributed by atoms with E-state index >= 15 is 0 Å². The van der Waals surface area contributed by atoms with Crippen molar-refractivity contribution in [1.29, 1.82) is 5.26 Å². The molecule has 0 radical (unpaired) electrons. The van der Waals surface area contributed by atoms with Gasteiger partial charge in [0.05, 0.1) is 31.4 Å². The molecule has 35 heavy (non-hydrogen) atoms. The first-order valence-corrected chi connectivity index (χ1v) is 10.9. The largest absolute Gasteiger partial charge is 0.490 e. The molecule has 4 aromatic rings. The molecule has 0 aliphatic rings. The van der Waals surface area contributed by atoms with Crippen molar-refractivity contribution in [2.45, 2.75) is 13.5 Å². The molecular formula is C25H23N7O3. The van der Waals surface area contributed by atoms with Gasteiger partial charge in [0.1, 0.15) is 18.2 Å². The molecular weight excluding hydrogens is 446 g/mol. The molecule has 2 aromatic carbocycles. The Morgan fingerprint density at radius 1 is 1.20 bits per heavy atom. The Hall–Kier alpha value is -4.91. The number of anilines is 1. The maximum atomic E-state index is 12.4. The lowest BCUT2D eigenvalue weighted by molar-refractivity contribution is 0.266. The van der Waals surface area contributed by atoms with Crippen LogP contribution >= 0.6 is 0 Å². The number of ether oxygens (including phenoxy) is 2. The average molecular weight is 470 g/mol. The first kappa shape index (κ1) is 23.3. The zero-order chi connectivity index (χ0) is 24.5. The van der Waals surface area contributed by atoms with Crippen LogP contribution in [0.4, 0.5) is 5.95 Å². The van der Waals surface area contributed by atoms with Crippen LogP contribution in [0.15, 0.2) is 77.1 Å². The Labute approximate surface area is 201 Å². The third kappa shape index (κ3) is 5.91. The summed E-state index contributed by atoms with van der Waals surface area (Å²) >= 11 is 0. The van der Waals surface area contributed by atoms with Crippen LogP contribution in [0, 0.1) is 11.3 Å². The van der Waals surface area contributed by atoms with E-state index in [1.54, 1.807) is 30.9 Å². The molecule has 2 N–H and O–H groups in total. The van der Waals surface area contributed by atoms with Crippen molar-refractivity contribution in [3.05, 3.63) is 88.7 Å². The molecule has 0 aliphatic carbocycles. The van der Waals surface area contributed by atoms with Gasteiger partial charge in [0.15, 0.2) is 11.5 Å². The highest BCUT2D eigenvalue weighted by atomic mass is 16.5. The number of rotatable bonds is 10. The second-order valence-corrected chi connectivity index (χ2v) is 7.27. The van der Waals surface area contributed by atoms with Crippen LogP contribution in [0.1, 0.15) is 18.1 Å². The molecule has 10 nitrogen and oxygen atoms in total. The van der Waals surface area contributed by atoms with E-state index in [0.717, 1.165) is 5.56 Å². The smallest absolute Gasteiger partial charge is 0.270 e. The Kier molecular flexibility index (Phi) is 7.50. The van der Waals surface area contributed by atoms with Gasteiger partial charge < -0.3 is 14.0 Å². The molecule has 176 valence electrons. The first-order valence-electron chi connectivity index (χ1n) is 10.9. The summed E-state index contributed by atoms with van der Waals surface area (Å²) in [6, 6.07) is 16.4. The summed E-state index contributed by atoms with van der Waals surface area (Å²) in [5.74, 6) is 1.34. The van der Waals surface area contributed by atoms with E-state index in [0.29, 0.717) is 36.8 Å². The van der Waals surface area contributed by atoms with Crippen molar-refractivity contribution >= 4 is 12.2 Å². The second-order valence-electron chi connectivity index (χ2n) is 7.27. The number of benzene rings is 2. The fourth-order valence-corrected chi connectivity index (χ4v) is 3.28. The predicted octanol–water partition coefficient (Wildman–Crippen LogP) is 3.43. The molecule has 0 spiro atoms. The molecule has 2 heterocycles. The Balaban J connectivity index is 1.48. The maximum absolute atomic E-state index is 12.4. The predicted molar refractivity (Wildman–Crippen MR) is 132 cm³/mol. The van der Waals surface area contributed by atoms with E-state index in [4.69, 9.17) is 9.47 Å². The number of aromatic nitrogens is 4. The number of hydrazone groups is 1. The van der Waals surface area contributed by atoms with E-state index in [-0.39, 0.29) is 17.2 Å². The van der Waals surface area contributed by atoms with Crippen LogP contribution in [-0.4, -0.2) is 38.9 Å². The summed E-state index contributed by atoms with van der Waals surface area (Å²) in [7, 11) is 0. The van der Waals surface area contributed by atoms with Crippen molar-refractivity contribution in [3.8, 4) is 28.8 Å². The Bertz CT molecular complexity index is 1390. The summed E-state index contributed by atoms with van der Waals surface area (Å²) in [6.07, 6.45) is 6.90. The van der Waals surface area contributed by atoms with Gasteiger partial charge in [-0.15, -0.1) is 0 Å². The zero-order valence-corrected chi connectivity index (χ0v) is 19.0. The van der Waals surface area contributed by atoms with Gasteiger partial charge in [-0.1, -0.05) is 30.3 Å². The Morgan fingerprint density at radius 3 is 2.80 bits per heavy atom. The molecule has 0 bridgehead atoms. The highest BCUT2D eigenvalue weighted by Crippen LogP contribution is 2.28. The first-order chi connectivity index (χ1) is 17.2. The lowest BCUT2D eigenvalue weighted by Gasteiger charge is -2.12. The summed E-state index contributed by atoms with van der Waals surface area (Å²) in [5.41, 5.74) is 3.81. The molecule has 4 rings (SSSR count). The number of nitriles is 1. The lowest BCUT2D eigenvalue weighted by Crippen LogP contribution is -2.16. The van der Waals surface area contributed by atoms with Crippen molar-refractivity contribution in [1.82, 2.24) is 19.5 Å². The van der Waals surface area contributed by atoms with Gasteiger partial charge >= 0.3 is 0 Å². The van der Waals surface area contributed by atoms with Gasteiger partial charge in [-0.2, -0.15) is 10.4 Å². The summed E-state index contributed by atoms with van der Waals surface area (Å²) in [6.45, 7) is 3.51. The number of nitrogens with one attached hydrogen (secondary N) is 2. The SMILES string of the molecule is CCOc1cc(C=NNc2nc(-c3ccccc3)c(C#N)c(=O)[nH]2)ccc1OCCn1ccnc1. The number of aromatic amines is 1. The normalized spacial score (nSPS) is 10.7. The van der Waals surface area contributed by atoms with E-state index in [1.807, 2.05) is 60.2 Å². The number of imidazole rings is 1. The third-order valence-electron chi connectivity index (χ3n) is 4.90. The minimum Gasteiger partial charge on any atom is -0.490 e. The van der Waals surface area contributed by atoms with Gasteiger partial charge in [-0.3, -0.25) is 9.78 Å². The quantitative estimate of drug-likeness (QED) is 0.269. The van der Waals surface area contributed by atoms with Gasteiger partial charge in [0, 0.05) is 18.0 Å². The van der Waals surface area contributed by atoms with Crippen molar-refractivity contribution in [2.24, 2.45) is 5.10 Å². The maximum Gasteiger partial charge on any atom is 0.270 e. The van der Waals surface area contributed by atoms with Gasteiger partial charge in [0.25, 0.3) is 5.56 Å². The van der Waals surface area contributed by atoms with Gasteiger partial charge in [-0.05, 0) is 30.7 Å². The van der Waals surface area contributed by atoms with Crippen LogP contribution < -0.4 is 20.5 Å². The van der Waals surface area contributed by atoms with Crippen LogP contribution in [0.3, 0.4) is 0 Å². The second kappa shape index (κ2) is 11.3. The van der Waals surface area contributed by atoms with Crippen molar-refractivity contribution in [2.75, 3.05) is 18.6 Å². The third-order valence-corrected chi connectivity index (χ3v) is 4.90.